The van der Waals surface area contributed by atoms with E-state index in [9.17, 15) is 4.79 Å². The Balaban J connectivity index is 1.65. The molecule has 1 aromatic carbocycles. The minimum absolute atomic E-state index is 0.281. The molecule has 3 rings (SSSR count). The summed E-state index contributed by atoms with van der Waals surface area (Å²) in [5.41, 5.74) is 2.13. The SMILES string of the molecule is CCN(CC)Cc1ccc(Nc2nnc(Cc3ccco3)c(=O)[nH]2)cc1. The number of H-pyrrole nitrogens is 1. The molecule has 7 nitrogen and oxygen atoms in total. The Kier molecular flexibility index (Phi) is 5.80. The Morgan fingerprint density at radius 3 is 2.50 bits per heavy atom. The molecular formula is C19H23N5O2. The van der Waals surface area contributed by atoms with Crippen molar-refractivity contribution in [3.8, 4) is 0 Å². The third kappa shape index (κ3) is 4.58. The number of aromatic nitrogens is 3. The van der Waals surface area contributed by atoms with Crippen LogP contribution in [0.4, 0.5) is 11.6 Å². The second kappa shape index (κ2) is 8.44. The summed E-state index contributed by atoms with van der Waals surface area (Å²) in [5.74, 6) is 0.990. The molecule has 0 saturated carbocycles. The summed E-state index contributed by atoms with van der Waals surface area (Å²) in [6, 6.07) is 11.6. The van der Waals surface area contributed by atoms with E-state index < -0.39 is 0 Å². The Morgan fingerprint density at radius 2 is 1.88 bits per heavy atom. The second-order valence-corrected chi connectivity index (χ2v) is 5.99. The molecule has 2 N–H and O–H groups in total. The van der Waals surface area contributed by atoms with Gasteiger partial charge in [-0.25, -0.2) is 0 Å². The number of benzene rings is 1. The van der Waals surface area contributed by atoms with Crippen LogP contribution in [0, 0.1) is 0 Å². The van der Waals surface area contributed by atoms with Crippen LogP contribution < -0.4 is 10.9 Å². The largest absolute Gasteiger partial charge is 0.469 e. The summed E-state index contributed by atoms with van der Waals surface area (Å²) in [6.45, 7) is 7.29. The molecule has 3 aromatic rings. The molecule has 2 aromatic heterocycles. The van der Waals surface area contributed by atoms with E-state index in [0.717, 1.165) is 25.3 Å². The first-order valence-electron chi connectivity index (χ1n) is 8.74. The van der Waals surface area contributed by atoms with Crippen molar-refractivity contribution >= 4 is 11.6 Å². The van der Waals surface area contributed by atoms with Gasteiger partial charge in [-0.2, -0.15) is 0 Å². The number of nitrogens with zero attached hydrogens (tertiary/aromatic N) is 3. The molecule has 7 heteroatoms. The van der Waals surface area contributed by atoms with Gasteiger partial charge in [0.1, 0.15) is 11.5 Å². The van der Waals surface area contributed by atoms with Crippen molar-refractivity contribution in [3.05, 3.63) is 70.0 Å². The first kappa shape index (κ1) is 17.9. The quantitative estimate of drug-likeness (QED) is 0.647. The standard InChI is InChI=1S/C19H23N5O2/c1-3-24(4-2)13-14-7-9-15(10-8-14)20-19-21-18(25)17(22-23-19)12-16-6-5-11-26-16/h5-11H,3-4,12-13H2,1-2H3,(H2,20,21,23,25). The van der Waals surface area contributed by atoms with E-state index in [4.69, 9.17) is 4.42 Å². The summed E-state index contributed by atoms with van der Waals surface area (Å²) in [5, 5.41) is 11.1. The Bertz CT molecular complexity index is 868. The molecule has 0 bridgehead atoms. The van der Waals surface area contributed by atoms with Gasteiger partial charge in [0.25, 0.3) is 5.56 Å². The molecule has 0 aliphatic carbocycles. The normalized spacial score (nSPS) is 11.0. The van der Waals surface area contributed by atoms with Crippen LogP contribution in [-0.2, 0) is 13.0 Å². The summed E-state index contributed by atoms with van der Waals surface area (Å²) in [4.78, 5) is 17.2. The monoisotopic (exact) mass is 353 g/mol. The molecule has 0 saturated heterocycles. The Hall–Kier alpha value is -2.93. The van der Waals surface area contributed by atoms with Gasteiger partial charge in [0.15, 0.2) is 0 Å². The summed E-state index contributed by atoms with van der Waals surface area (Å²) in [7, 11) is 0. The molecule has 0 aliphatic heterocycles. The van der Waals surface area contributed by atoms with Crippen molar-refractivity contribution in [2.24, 2.45) is 0 Å². The molecule has 136 valence electrons. The molecule has 0 amide bonds. The third-order valence-electron chi connectivity index (χ3n) is 4.20. The second-order valence-electron chi connectivity index (χ2n) is 5.99. The van der Waals surface area contributed by atoms with Crippen LogP contribution in [-0.4, -0.2) is 33.2 Å². The van der Waals surface area contributed by atoms with Crippen LogP contribution in [0.2, 0.25) is 0 Å². The highest BCUT2D eigenvalue weighted by atomic mass is 16.3. The Labute approximate surface area is 152 Å². The van der Waals surface area contributed by atoms with Gasteiger partial charge in [0.2, 0.25) is 5.95 Å². The van der Waals surface area contributed by atoms with Gasteiger partial charge in [-0.15, -0.1) is 10.2 Å². The molecule has 0 radical (unpaired) electrons. The molecule has 0 atom stereocenters. The van der Waals surface area contributed by atoms with Gasteiger partial charge in [-0.05, 0) is 42.9 Å². The van der Waals surface area contributed by atoms with E-state index in [2.05, 4.69) is 51.4 Å². The van der Waals surface area contributed by atoms with Gasteiger partial charge in [0, 0.05) is 12.2 Å². The summed E-state index contributed by atoms with van der Waals surface area (Å²) in [6.07, 6.45) is 1.88. The summed E-state index contributed by atoms with van der Waals surface area (Å²) < 4.78 is 5.23. The first-order chi connectivity index (χ1) is 12.7. The average molecular weight is 353 g/mol. The highest BCUT2D eigenvalue weighted by molar-refractivity contribution is 5.53. The maximum atomic E-state index is 12.2. The van der Waals surface area contributed by atoms with Gasteiger partial charge in [-0.3, -0.25) is 14.7 Å². The zero-order valence-corrected chi connectivity index (χ0v) is 15.0. The number of furan rings is 1. The van der Waals surface area contributed by atoms with E-state index in [1.807, 2.05) is 12.1 Å². The molecule has 0 unspecified atom stereocenters. The van der Waals surface area contributed by atoms with E-state index in [-0.39, 0.29) is 5.56 Å². The molecular weight excluding hydrogens is 330 g/mol. The summed E-state index contributed by atoms with van der Waals surface area (Å²) >= 11 is 0. The fourth-order valence-corrected chi connectivity index (χ4v) is 2.65. The number of nitrogens with one attached hydrogen (secondary N) is 2. The van der Waals surface area contributed by atoms with Crippen LogP contribution in [0.5, 0.6) is 0 Å². The topological polar surface area (TPSA) is 87.0 Å². The van der Waals surface area contributed by atoms with Crippen molar-refractivity contribution in [1.29, 1.82) is 0 Å². The number of rotatable bonds is 8. The van der Waals surface area contributed by atoms with Crippen LogP contribution >= 0.6 is 0 Å². The highest BCUT2D eigenvalue weighted by Crippen LogP contribution is 2.14. The molecule has 0 fully saturated rings. The van der Waals surface area contributed by atoms with Crippen molar-refractivity contribution < 1.29 is 4.42 Å². The van der Waals surface area contributed by atoms with Crippen LogP contribution in [0.3, 0.4) is 0 Å². The lowest BCUT2D eigenvalue weighted by Gasteiger charge is -2.18. The van der Waals surface area contributed by atoms with Crippen LogP contribution in [0.1, 0.15) is 30.9 Å². The zero-order valence-electron chi connectivity index (χ0n) is 15.0. The van der Waals surface area contributed by atoms with E-state index in [1.54, 1.807) is 18.4 Å². The third-order valence-corrected chi connectivity index (χ3v) is 4.20. The van der Waals surface area contributed by atoms with Gasteiger partial charge in [0.05, 0.1) is 12.7 Å². The zero-order chi connectivity index (χ0) is 18.4. The Morgan fingerprint density at radius 1 is 1.12 bits per heavy atom. The first-order valence-corrected chi connectivity index (χ1v) is 8.74. The maximum Gasteiger partial charge on any atom is 0.274 e. The predicted molar refractivity (Wildman–Crippen MR) is 101 cm³/mol. The van der Waals surface area contributed by atoms with Crippen LogP contribution in [0.25, 0.3) is 0 Å². The smallest absolute Gasteiger partial charge is 0.274 e. The molecule has 26 heavy (non-hydrogen) atoms. The lowest BCUT2D eigenvalue weighted by molar-refractivity contribution is 0.296. The minimum Gasteiger partial charge on any atom is -0.469 e. The highest BCUT2D eigenvalue weighted by Gasteiger charge is 2.08. The number of aromatic amines is 1. The van der Waals surface area contributed by atoms with Gasteiger partial charge < -0.3 is 9.73 Å². The number of anilines is 2. The average Bonchev–Trinajstić information content (AvgIpc) is 3.16. The van der Waals surface area contributed by atoms with Crippen molar-refractivity contribution in [2.45, 2.75) is 26.8 Å². The van der Waals surface area contributed by atoms with Crippen molar-refractivity contribution in [2.75, 3.05) is 18.4 Å². The fraction of sp³-hybridized carbons (Fsp3) is 0.316. The van der Waals surface area contributed by atoms with Crippen molar-refractivity contribution in [1.82, 2.24) is 20.1 Å². The van der Waals surface area contributed by atoms with E-state index >= 15 is 0 Å². The maximum absolute atomic E-state index is 12.2. The van der Waals surface area contributed by atoms with Crippen molar-refractivity contribution in [3.63, 3.8) is 0 Å². The van der Waals surface area contributed by atoms with Gasteiger partial charge >= 0.3 is 0 Å². The van der Waals surface area contributed by atoms with E-state index in [0.29, 0.717) is 23.8 Å². The lowest BCUT2D eigenvalue weighted by Crippen LogP contribution is -2.22. The number of hydrogen-bond acceptors (Lipinski definition) is 6. The number of hydrogen-bond donors (Lipinski definition) is 2. The minimum atomic E-state index is -0.281. The molecule has 2 heterocycles. The predicted octanol–water partition coefficient (Wildman–Crippen LogP) is 2.93. The van der Waals surface area contributed by atoms with E-state index in [1.165, 1.54) is 5.56 Å². The lowest BCUT2D eigenvalue weighted by atomic mass is 10.2. The fourth-order valence-electron chi connectivity index (χ4n) is 2.65. The molecule has 0 spiro atoms. The molecule has 0 aliphatic rings. The van der Waals surface area contributed by atoms with Gasteiger partial charge in [-0.1, -0.05) is 26.0 Å². The van der Waals surface area contributed by atoms with Crippen LogP contribution in [0.15, 0.2) is 51.9 Å².